The Kier molecular flexibility index (Phi) is 7.47. The van der Waals surface area contributed by atoms with Crippen molar-refractivity contribution in [2.24, 2.45) is 4.99 Å². The SMILES string of the molecule is CC(C)S(=O)(=O)N(CCN(C)C)c1ccc(N=C(c2ccccc2)c2c(O)[nH]c3ccccc23)cc1. The maximum atomic E-state index is 13.1. The molecule has 1 aromatic heterocycles. The quantitative estimate of drug-likeness (QED) is 0.309. The molecule has 0 saturated heterocycles. The van der Waals surface area contributed by atoms with Crippen molar-refractivity contribution in [2.45, 2.75) is 19.1 Å². The molecule has 3 aromatic carbocycles. The first kappa shape index (κ1) is 25.5. The number of aromatic hydroxyl groups is 1. The molecule has 4 aromatic rings. The van der Waals surface area contributed by atoms with Crippen LogP contribution in [0.3, 0.4) is 0 Å². The molecule has 8 heteroatoms. The van der Waals surface area contributed by atoms with Crippen LogP contribution < -0.4 is 4.31 Å². The van der Waals surface area contributed by atoms with E-state index in [9.17, 15) is 13.5 Å². The molecule has 0 amide bonds. The first-order valence-corrected chi connectivity index (χ1v) is 13.4. The number of H-pyrrole nitrogens is 1. The smallest absolute Gasteiger partial charge is 0.237 e. The van der Waals surface area contributed by atoms with E-state index >= 15 is 0 Å². The highest BCUT2D eigenvalue weighted by Crippen LogP contribution is 2.32. The van der Waals surface area contributed by atoms with Crippen LogP contribution in [0.15, 0.2) is 83.9 Å². The molecule has 0 aliphatic heterocycles. The highest BCUT2D eigenvalue weighted by atomic mass is 32.2. The fourth-order valence-corrected chi connectivity index (χ4v) is 5.26. The van der Waals surface area contributed by atoms with Crippen LogP contribution in [0, 0.1) is 0 Å². The summed E-state index contributed by atoms with van der Waals surface area (Å²) in [6.07, 6.45) is 0. The molecule has 1 heterocycles. The van der Waals surface area contributed by atoms with E-state index in [1.54, 1.807) is 26.0 Å². The number of nitrogens with one attached hydrogen (secondary N) is 1. The number of aromatic nitrogens is 1. The molecule has 36 heavy (non-hydrogen) atoms. The van der Waals surface area contributed by atoms with Crippen molar-refractivity contribution in [2.75, 3.05) is 31.5 Å². The zero-order chi connectivity index (χ0) is 25.9. The fraction of sp³-hybridized carbons (Fsp3) is 0.250. The molecule has 0 bridgehead atoms. The molecular formula is C28H32N4O3S. The van der Waals surface area contributed by atoms with Crippen molar-refractivity contribution in [1.29, 1.82) is 0 Å². The maximum absolute atomic E-state index is 13.1. The number of rotatable bonds is 9. The van der Waals surface area contributed by atoms with E-state index < -0.39 is 15.3 Å². The van der Waals surface area contributed by atoms with Crippen LogP contribution in [-0.4, -0.2) is 61.6 Å². The number of hydrogen-bond donors (Lipinski definition) is 2. The highest BCUT2D eigenvalue weighted by molar-refractivity contribution is 7.93. The molecule has 0 fully saturated rings. The van der Waals surface area contributed by atoms with Gasteiger partial charge in [0.25, 0.3) is 0 Å². The number of sulfonamides is 1. The minimum Gasteiger partial charge on any atom is -0.494 e. The summed E-state index contributed by atoms with van der Waals surface area (Å²) in [6, 6.07) is 24.6. The van der Waals surface area contributed by atoms with E-state index in [1.165, 1.54) is 4.31 Å². The molecule has 0 aliphatic rings. The van der Waals surface area contributed by atoms with Crippen molar-refractivity contribution in [1.82, 2.24) is 9.88 Å². The summed E-state index contributed by atoms with van der Waals surface area (Å²) in [5.41, 5.74) is 4.17. The number of likely N-dealkylation sites (N-methyl/N-ethyl adjacent to an activating group) is 1. The molecular weight excluding hydrogens is 472 g/mol. The minimum atomic E-state index is -3.50. The molecule has 0 radical (unpaired) electrons. The molecule has 0 spiro atoms. The van der Waals surface area contributed by atoms with E-state index in [0.717, 1.165) is 16.5 Å². The van der Waals surface area contributed by atoms with E-state index in [-0.39, 0.29) is 5.88 Å². The molecule has 7 nitrogen and oxygen atoms in total. The Labute approximate surface area is 212 Å². The summed E-state index contributed by atoms with van der Waals surface area (Å²) >= 11 is 0. The second-order valence-electron chi connectivity index (χ2n) is 9.21. The predicted molar refractivity (Wildman–Crippen MR) is 148 cm³/mol. The molecule has 0 unspecified atom stereocenters. The van der Waals surface area contributed by atoms with Gasteiger partial charge in [-0.15, -0.1) is 0 Å². The Bertz CT molecular complexity index is 1460. The Morgan fingerprint density at radius 1 is 0.917 bits per heavy atom. The van der Waals surface area contributed by atoms with Crippen molar-refractivity contribution >= 4 is 38.0 Å². The number of anilines is 1. The molecule has 0 saturated carbocycles. The van der Waals surface area contributed by atoms with Gasteiger partial charge in [0, 0.05) is 29.6 Å². The van der Waals surface area contributed by atoms with Crippen LogP contribution in [0.4, 0.5) is 11.4 Å². The number of aliphatic imine (C=N–C) groups is 1. The lowest BCUT2D eigenvalue weighted by Gasteiger charge is -2.27. The molecule has 4 rings (SSSR count). The number of benzene rings is 3. The first-order chi connectivity index (χ1) is 17.2. The van der Waals surface area contributed by atoms with Crippen molar-refractivity contribution in [3.8, 4) is 5.88 Å². The number of fused-ring (bicyclic) bond motifs is 1. The average Bonchev–Trinajstić information content (AvgIpc) is 3.19. The van der Waals surface area contributed by atoms with Gasteiger partial charge in [0.2, 0.25) is 10.0 Å². The summed E-state index contributed by atoms with van der Waals surface area (Å²) in [4.78, 5) is 9.91. The van der Waals surface area contributed by atoms with Crippen molar-refractivity contribution < 1.29 is 13.5 Å². The number of para-hydroxylation sites is 1. The summed E-state index contributed by atoms with van der Waals surface area (Å²) in [5.74, 6) is 0.0494. The van der Waals surface area contributed by atoms with Crippen LogP contribution in [0.5, 0.6) is 5.88 Å². The lowest BCUT2D eigenvalue weighted by atomic mass is 10.0. The van der Waals surface area contributed by atoms with Gasteiger partial charge in [-0.1, -0.05) is 48.5 Å². The lowest BCUT2D eigenvalue weighted by Crippen LogP contribution is -2.40. The summed E-state index contributed by atoms with van der Waals surface area (Å²) in [6.45, 7) is 4.34. The van der Waals surface area contributed by atoms with Gasteiger partial charge in [0.15, 0.2) is 5.88 Å². The summed E-state index contributed by atoms with van der Waals surface area (Å²) in [5, 5.41) is 11.1. The monoisotopic (exact) mass is 504 g/mol. The Morgan fingerprint density at radius 2 is 1.56 bits per heavy atom. The van der Waals surface area contributed by atoms with Gasteiger partial charge >= 0.3 is 0 Å². The third-order valence-electron chi connectivity index (χ3n) is 6.00. The fourth-order valence-electron chi connectivity index (χ4n) is 4.00. The van der Waals surface area contributed by atoms with Crippen LogP contribution in [0.1, 0.15) is 25.0 Å². The van der Waals surface area contributed by atoms with Gasteiger partial charge in [0.05, 0.1) is 27.9 Å². The average molecular weight is 505 g/mol. The molecule has 0 atom stereocenters. The third-order valence-corrected chi connectivity index (χ3v) is 8.20. The van der Waals surface area contributed by atoms with Gasteiger partial charge in [-0.05, 0) is 58.3 Å². The maximum Gasteiger partial charge on any atom is 0.237 e. The van der Waals surface area contributed by atoms with Crippen LogP contribution in [0.2, 0.25) is 0 Å². The molecule has 2 N–H and O–H groups in total. The van der Waals surface area contributed by atoms with E-state index in [4.69, 9.17) is 4.99 Å². The van der Waals surface area contributed by atoms with Crippen molar-refractivity contribution in [3.63, 3.8) is 0 Å². The van der Waals surface area contributed by atoms with Gasteiger partial charge < -0.3 is 15.0 Å². The highest BCUT2D eigenvalue weighted by Gasteiger charge is 2.26. The Hall–Kier alpha value is -3.62. The van der Waals surface area contributed by atoms with Gasteiger partial charge in [-0.3, -0.25) is 4.31 Å². The number of hydrogen-bond acceptors (Lipinski definition) is 5. The number of nitrogens with zero attached hydrogens (tertiary/aromatic N) is 3. The summed E-state index contributed by atoms with van der Waals surface area (Å²) in [7, 11) is 0.341. The zero-order valence-corrected chi connectivity index (χ0v) is 21.8. The number of aromatic amines is 1. The minimum absolute atomic E-state index is 0.0494. The van der Waals surface area contributed by atoms with Gasteiger partial charge in [-0.25, -0.2) is 13.4 Å². The van der Waals surface area contributed by atoms with E-state index in [2.05, 4.69) is 4.98 Å². The largest absolute Gasteiger partial charge is 0.494 e. The van der Waals surface area contributed by atoms with Crippen LogP contribution in [-0.2, 0) is 10.0 Å². The second-order valence-corrected chi connectivity index (χ2v) is 11.6. The van der Waals surface area contributed by atoms with Gasteiger partial charge in [-0.2, -0.15) is 0 Å². The second kappa shape index (κ2) is 10.6. The lowest BCUT2D eigenvalue weighted by molar-refractivity contribution is 0.419. The standard InChI is InChI=1S/C28H32N4O3S/c1-20(2)36(34,35)32(19-18-31(3)4)23-16-14-22(15-17-23)29-27(21-10-6-5-7-11-21)26-24-12-8-9-13-25(24)30-28(26)33/h5-17,20,30,33H,18-19H2,1-4H3. The Morgan fingerprint density at radius 3 is 2.19 bits per heavy atom. The normalized spacial score (nSPS) is 12.6. The van der Waals surface area contributed by atoms with Crippen LogP contribution >= 0.6 is 0 Å². The molecule has 0 aliphatic carbocycles. The topological polar surface area (TPSA) is 89.0 Å². The predicted octanol–water partition coefficient (Wildman–Crippen LogP) is 5.15. The third kappa shape index (κ3) is 5.29. The summed E-state index contributed by atoms with van der Waals surface area (Å²) < 4.78 is 27.6. The van der Waals surface area contributed by atoms with Gasteiger partial charge in [0.1, 0.15) is 0 Å². The van der Waals surface area contributed by atoms with E-state index in [1.807, 2.05) is 85.7 Å². The zero-order valence-electron chi connectivity index (χ0n) is 21.0. The molecule has 188 valence electrons. The van der Waals surface area contributed by atoms with Crippen molar-refractivity contribution in [3.05, 3.63) is 90.0 Å². The van der Waals surface area contributed by atoms with Crippen LogP contribution in [0.25, 0.3) is 10.9 Å². The first-order valence-electron chi connectivity index (χ1n) is 11.9. The Balaban J connectivity index is 1.78. The van der Waals surface area contributed by atoms with E-state index in [0.29, 0.717) is 35.7 Å².